The van der Waals surface area contributed by atoms with Gasteiger partial charge in [-0.3, -0.25) is 9.59 Å². The van der Waals surface area contributed by atoms with E-state index in [1.54, 1.807) is 13.8 Å². The molecule has 0 atom stereocenters. The van der Waals surface area contributed by atoms with Crippen molar-refractivity contribution < 1.29 is 14.7 Å². The van der Waals surface area contributed by atoms with Crippen molar-refractivity contribution >= 4 is 11.9 Å². The quantitative estimate of drug-likeness (QED) is 0.607. The Hall–Kier alpha value is -1.57. The van der Waals surface area contributed by atoms with E-state index >= 15 is 0 Å². The Morgan fingerprint density at radius 3 is 2.46 bits per heavy atom. The number of nitrogens with one attached hydrogen (secondary N) is 1. The van der Waals surface area contributed by atoms with Crippen LogP contribution in [-0.2, 0) is 9.59 Å². The molecule has 0 aromatic rings. The average molecular weight is 184 g/mol. The number of hydrogen-bond donors (Lipinski definition) is 2. The minimum absolute atomic E-state index is 0.162. The van der Waals surface area contributed by atoms with Crippen LogP contribution in [0.25, 0.3) is 0 Å². The molecule has 0 aliphatic carbocycles. The number of carboxylic acids is 1. The number of carbonyl (C=O) groups is 2. The number of rotatable bonds is 4. The summed E-state index contributed by atoms with van der Waals surface area (Å²) < 4.78 is 0. The van der Waals surface area contributed by atoms with Crippen LogP contribution >= 0.6 is 0 Å². The minimum atomic E-state index is -1.17. The van der Waals surface area contributed by atoms with Crippen molar-refractivity contribution in [2.45, 2.75) is 20.3 Å². The molecule has 0 aliphatic rings. The largest absolute Gasteiger partial charge is 0.481 e. The zero-order chi connectivity index (χ0) is 10.5. The third-order valence-electron chi connectivity index (χ3n) is 1.34. The van der Waals surface area contributed by atoms with Gasteiger partial charge in [0.15, 0.2) is 0 Å². The molecule has 1 amide bonds. The highest BCUT2D eigenvalue weighted by Crippen LogP contribution is 2.10. The first-order chi connectivity index (χ1) is 5.87. The van der Waals surface area contributed by atoms with Gasteiger partial charge >= 0.3 is 5.97 Å². The molecule has 0 saturated heterocycles. The second kappa shape index (κ2) is 4.45. The lowest BCUT2D eigenvalue weighted by molar-refractivity contribution is -0.140. The van der Waals surface area contributed by atoms with E-state index in [4.69, 9.17) is 10.4 Å². The summed E-state index contributed by atoms with van der Waals surface area (Å²) in [7, 11) is 0. The summed E-state index contributed by atoms with van der Waals surface area (Å²) >= 11 is 0. The summed E-state index contributed by atoms with van der Waals surface area (Å²) in [4.78, 5) is 20.9. The maximum atomic E-state index is 10.8. The van der Waals surface area contributed by atoms with Gasteiger partial charge < -0.3 is 10.4 Å². The Kier molecular flexibility index (Phi) is 3.92. The number of aliphatic carboxylic acids is 1. The van der Waals surface area contributed by atoms with E-state index in [1.807, 2.05) is 6.07 Å². The number of amides is 1. The van der Waals surface area contributed by atoms with Gasteiger partial charge in [0.25, 0.3) is 0 Å². The van der Waals surface area contributed by atoms with E-state index in [0.717, 1.165) is 0 Å². The summed E-state index contributed by atoms with van der Waals surface area (Å²) in [5.41, 5.74) is -0.659. The summed E-state index contributed by atoms with van der Waals surface area (Å²) in [6.07, 6.45) is -0.554. The molecule has 0 spiro atoms. The molecule has 0 unspecified atom stereocenters. The average Bonchev–Trinajstić information content (AvgIpc) is 2.00. The molecular weight excluding hydrogens is 172 g/mol. The van der Waals surface area contributed by atoms with Crippen LogP contribution in [0.5, 0.6) is 0 Å². The lowest BCUT2D eigenvalue weighted by atomic mass is 9.96. The molecule has 0 saturated carbocycles. The first kappa shape index (κ1) is 11.4. The van der Waals surface area contributed by atoms with Crippen LogP contribution < -0.4 is 5.32 Å². The van der Waals surface area contributed by atoms with E-state index in [1.165, 1.54) is 0 Å². The predicted octanol–water partition coefficient (Wildman–Crippen LogP) is 0.127. The van der Waals surface area contributed by atoms with Crippen LogP contribution in [0.2, 0.25) is 0 Å². The standard InChI is InChI=1S/C8H12N2O3/c1-8(2,4-9)5-10-6(11)3-7(12)13/h3,5H2,1-2H3,(H,10,11)(H,12,13). The SMILES string of the molecule is CC(C)(C#N)CNC(=O)CC(=O)O. The van der Waals surface area contributed by atoms with Crippen LogP contribution in [0.1, 0.15) is 20.3 Å². The summed E-state index contributed by atoms with van der Waals surface area (Å²) in [5.74, 6) is -1.75. The van der Waals surface area contributed by atoms with Crippen LogP contribution in [0.4, 0.5) is 0 Å². The second-order valence-electron chi connectivity index (χ2n) is 3.34. The van der Waals surface area contributed by atoms with Crippen LogP contribution in [-0.4, -0.2) is 23.5 Å². The van der Waals surface area contributed by atoms with Crippen molar-refractivity contribution in [1.82, 2.24) is 5.32 Å². The number of nitriles is 1. The van der Waals surface area contributed by atoms with E-state index < -0.39 is 23.7 Å². The van der Waals surface area contributed by atoms with Gasteiger partial charge in [-0.15, -0.1) is 0 Å². The first-order valence-corrected chi connectivity index (χ1v) is 3.77. The summed E-state index contributed by atoms with van der Waals surface area (Å²) in [6.45, 7) is 3.48. The van der Waals surface area contributed by atoms with Crippen molar-refractivity contribution in [1.29, 1.82) is 5.26 Å². The molecule has 5 nitrogen and oxygen atoms in total. The Labute approximate surface area is 76.4 Å². The molecule has 0 rings (SSSR count). The van der Waals surface area contributed by atoms with Gasteiger partial charge in [-0.2, -0.15) is 5.26 Å². The van der Waals surface area contributed by atoms with E-state index in [9.17, 15) is 9.59 Å². The Bertz CT molecular complexity index is 253. The lowest BCUT2D eigenvalue weighted by Gasteiger charge is -2.14. The lowest BCUT2D eigenvalue weighted by Crippen LogP contribution is -2.34. The topological polar surface area (TPSA) is 90.2 Å². The first-order valence-electron chi connectivity index (χ1n) is 3.77. The van der Waals surface area contributed by atoms with Gasteiger partial charge in [0.1, 0.15) is 6.42 Å². The highest BCUT2D eigenvalue weighted by molar-refractivity contribution is 5.93. The Balaban J connectivity index is 3.85. The van der Waals surface area contributed by atoms with E-state index in [0.29, 0.717) is 0 Å². The summed E-state index contributed by atoms with van der Waals surface area (Å²) in [6, 6.07) is 1.99. The summed E-state index contributed by atoms with van der Waals surface area (Å²) in [5, 5.41) is 19.2. The highest BCUT2D eigenvalue weighted by atomic mass is 16.4. The molecule has 0 aromatic carbocycles. The second-order valence-corrected chi connectivity index (χ2v) is 3.34. The van der Waals surface area contributed by atoms with Gasteiger partial charge in [0, 0.05) is 6.54 Å². The molecule has 0 aromatic heterocycles. The predicted molar refractivity (Wildman–Crippen MR) is 44.7 cm³/mol. The van der Waals surface area contributed by atoms with Crippen molar-refractivity contribution in [3.63, 3.8) is 0 Å². The maximum absolute atomic E-state index is 10.8. The van der Waals surface area contributed by atoms with Gasteiger partial charge in [0.05, 0.1) is 11.5 Å². The Morgan fingerprint density at radius 2 is 2.08 bits per heavy atom. The third-order valence-corrected chi connectivity index (χ3v) is 1.34. The molecule has 2 N–H and O–H groups in total. The van der Waals surface area contributed by atoms with Gasteiger partial charge in [0.2, 0.25) is 5.91 Å². The normalized spacial score (nSPS) is 10.2. The number of nitrogens with zero attached hydrogens (tertiary/aromatic N) is 1. The fraction of sp³-hybridized carbons (Fsp3) is 0.625. The number of hydrogen-bond acceptors (Lipinski definition) is 3. The van der Waals surface area contributed by atoms with E-state index in [-0.39, 0.29) is 6.54 Å². The smallest absolute Gasteiger partial charge is 0.312 e. The van der Waals surface area contributed by atoms with Crippen molar-refractivity contribution in [2.75, 3.05) is 6.54 Å². The molecule has 0 bridgehead atoms. The van der Waals surface area contributed by atoms with Crippen molar-refractivity contribution in [3.8, 4) is 6.07 Å². The molecule has 13 heavy (non-hydrogen) atoms. The third kappa shape index (κ3) is 5.67. The molecule has 0 radical (unpaired) electrons. The van der Waals surface area contributed by atoms with E-state index in [2.05, 4.69) is 5.32 Å². The van der Waals surface area contributed by atoms with Crippen molar-refractivity contribution in [2.24, 2.45) is 5.41 Å². The molecule has 72 valence electrons. The Morgan fingerprint density at radius 1 is 1.54 bits per heavy atom. The molecule has 0 fully saturated rings. The maximum Gasteiger partial charge on any atom is 0.312 e. The fourth-order valence-electron chi connectivity index (χ4n) is 0.559. The van der Waals surface area contributed by atoms with Crippen LogP contribution in [0, 0.1) is 16.7 Å². The van der Waals surface area contributed by atoms with Crippen LogP contribution in [0.3, 0.4) is 0 Å². The van der Waals surface area contributed by atoms with Crippen LogP contribution in [0.15, 0.2) is 0 Å². The van der Waals surface area contributed by atoms with Gasteiger partial charge in [-0.1, -0.05) is 0 Å². The molecular formula is C8H12N2O3. The highest BCUT2D eigenvalue weighted by Gasteiger charge is 2.18. The molecule has 0 aliphatic heterocycles. The molecule has 5 heteroatoms. The number of carboxylic acid groups (broad SMARTS) is 1. The number of carbonyl (C=O) groups excluding carboxylic acids is 1. The minimum Gasteiger partial charge on any atom is -0.481 e. The fourth-order valence-corrected chi connectivity index (χ4v) is 0.559. The molecule has 0 heterocycles. The van der Waals surface area contributed by atoms with Gasteiger partial charge in [-0.05, 0) is 13.8 Å². The zero-order valence-corrected chi connectivity index (χ0v) is 7.63. The zero-order valence-electron chi connectivity index (χ0n) is 7.63. The van der Waals surface area contributed by atoms with Crippen molar-refractivity contribution in [3.05, 3.63) is 0 Å². The van der Waals surface area contributed by atoms with Gasteiger partial charge in [-0.25, -0.2) is 0 Å². The monoisotopic (exact) mass is 184 g/mol.